The van der Waals surface area contributed by atoms with E-state index in [1.165, 1.54) is 10.7 Å². The quantitative estimate of drug-likeness (QED) is 0.726. The van der Waals surface area contributed by atoms with Crippen LogP contribution < -0.4 is 10.6 Å². The number of nitrogens with zero attached hydrogens (tertiary/aromatic N) is 1. The fourth-order valence-electron chi connectivity index (χ4n) is 3.58. The minimum absolute atomic E-state index is 0.0552. The molecule has 3 fully saturated rings. The number of amides is 3. The second-order valence-electron chi connectivity index (χ2n) is 6.36. The van der Waals surface area contributed by atoms with Gasteiger partial charge in [-0.15, -0.1) is 0 Å². The Balaban J connectivity index is 1.67. The summed E-state index contributed by atoms with van der Waals surface area (Å²) in [7, 11) is -3.36. The zero-order valence-corrected chi connectivity index (χ0v) is 12.7. The van der Waals surface area contributed by atoms with Crippen molar-refractivity contribution < 1.29 is 18.0 Å². The number of nitrogens with one attached hydrogen (secondary N) is 2. The number of sulfonamides is 1. The smallest absolute Gasteiger partial charge is 0.322 e. The molecule has 2 saturated heterocycles. The van der Waals surface area contributed by atoms with Gasteiger partial charge in [0.1, 0.15) is 5.54 Å². The molecule has 1 spiro atoms. The van der Waals surface area contributed by atoms with Crippen LogP contribution in [0.25, 0.3) is 0 Å². The zero-order valence-electron chi connectivity index (χ0n) is 11.9. The number of hydrogen-bond acceptors (Lipinski definition) is 4. The molecule has 1 aliphatic carbocycles. The third kappa shape index (κ3) is 2.78. The monoisotopic (exact) mass is 315 g/mol. The van der Waals surface area contributed by atoms with Crippen LogP contribution in [0.2, 0.25) is 0 Å². The second kappa shape index (κ2) is 5.24. The van der Waals surface area contributed by atoms with Crippen LogP contribution in [-0.2, 0) is 14.8 Å². The van der Waals surface area contributed by atoms with E-state index in [0.29, 0.717) is 13.0 Å². The van der Waals surface area contributed by atoms with Crippen LogP contribution in [0.4, 0.5) is 4.79 Å². The molecule has 2 aliphatic heterocycles. The summed E-state index contributed by atoms with van der Waals surface area (Å²) in [6, 6.07) is -0.536. The maximum absolute atomic E-state index is 12.5. The third-order valence-corrected chi connectivity index (χ3v) is 6.80. The lowest BCUT2D eigenvalue weighted by Crippen LogP contribution is -2.50. The first kappa shape index (κ1) is 14.8. The SMILES string of the molecule is O=C1NC(=O)C2(CCN(S(=O)(=O)CC3CCCCC3)C2)N1. The molecule has 2 heterocycles. The Hall–Kier alpha value is -1.15. The van der Waals surface area contributed by atoms with Crippen LogP contribution in [0.1, 0.15) is 38.5 Å². The molecular weight excluding hydrogens is 294 g/mol. The van der Waals surface area contributed by atoms with Crippen LogP contribution in [0.3, 0.4) is 0 Å². The molecule has 8 heteroatoms. The highest BCUT2D eigenvalue weighted by atomic mass is 32.2. The summed E-state index contributed by atoms with van der Waals surface area (Å²) in [6.07, 6.45) is 5.67. The van der Waals surface area contributed by atoms with Gasteiger partial charge in [-0.25, -0.2) is 13.2 Å². The summed E-state index contributed by atoms with van der Waals surface area (Å²) in [4.78, 5) is 23.1. The van der Waals surface area contributed by atoms with E-state index >= 15 is 0 Å². The Morgan fingerprint density at radius 2 is 1.90 bits per heavy atom. The Morgan fingerprint density at radius 3 is 2.52 bits per heavy atom. The van der Waals surface area contributed by atoms with Crippen molar-refractivity contribution in [3.63, 3.8) is 0 Å². The molecule has 0 radical (unpaired) electrons. The molecule has 21 heavy (non-hydrogen) atoms. The van der Waals surface area contributed by atoms with Crippen LogP contribution in [-0.4, -0.2) is 49.0 Å². The number of carbonyl (C=O) groups is 2. The van der Waals surface area contributed by atoms with E-state index in [2.05, 4.69) is 10.6 Å². The maximum atomic E-state index is 12.5. The fraction of sp³-hybridized carbons (Fsp3) is 0.846. The van der Waals surface area contributed by atoms with Gasteiger partial charge in [-0.2, -0.15) is 4.31 Å². The van der Waals surface area contributed by atoms with Gasteiger partial charge in [-0.1, -0.05) is 19.3 Å². The first-order valence-corrected chi connectivity index (χ1v) is 9.14. The van der Waals surface area contributed by atoms with Crippen molar-refractivity contribution in [2.24, 2.45) is 5.92 Å². The summed E-state index contributed by atoms with van der Waals surface area (Å²) in [5.74, 6) is -0.0197. The highest BCUT2D eigenvalue weighted by Gasteiger charge is 2.53. The molecule has 1 unspecified atom stereocenters. The van der Waals surface area contributed by atoms with Crippen LogP contribution in [0.5, 0.6) is 0 Å². The molecular formula is C13H21N3O4S. The van der Waals surface area contributed by atoms with Crippen molar-refractivity contribution in [3.05, 3.63) is 0 Å². The van der Waals surface area contributed by atoms with Gasteiger partial charge in [0.25, 0.3) is 5.91 Å². The van der Waals surface area contributed by atoms with Crippen LogP contribution in [0.15, 0.2) is 0 Å². The van der Waals surface area contributed by atoms with Crippen molar-refractivity contribution in [1.29, 1.82) is 0 Å². The van der Waals surface area contributed by atoms with Crippen LogP contribution >= 0.6 is 0 Å². The average Bonchev–Trinajstić information content (AvgIpc) is 2.96. The van der Waals surface area contributed by atoms with Gasteiger partial charge in [-0.05, 0) is 25.2 Å². The largest absolute Gasteiger partial charge is 0.322 e. The highest BCUT2D eigenvalue weighted by Crippen LogP contribution is 2.30. The van der Waals surface area contributed by atoms with E-state index in [4.69, 9.17) is 0 Å². The molecule has 0 aromatic carbocycles. The van der Waals surface area contributed by atoms with E-state index < -0.39 is 27.5 Å². The first-order valence-electron chi connectivity index (χ1n) is 7.53. The third-order valence-electron chi connectivity index (χ3n) is 4.81. The molecule has 3 rings (SSSR count). The summed E-state index contributed by atoms with van der Waals surface area (Å²) < 4.78 is 26.4. The Kier molecular flexibility index (Phi) is 3.69. The predicted octanol–water partition coefficient (Wildman–Crippen LogP) is 0.180. The zero-order chi connectivity index (χ0) is 15.1. The Labute approximate surface area is 124 Å². The van der Waals surface area contributed by atoms with E-state index in [0.717, 1.165) is 25.7 Å². The summed E-state index contributed by atoms with van der Waals surface area (Å²) in [5, 5.41) is 4.77. The van der Waals surface area contributed by atoms with Crippen molar-refractivity contribution >= 4 is 22.0 Å². The number of imide groups is 1. The Bertz CT molecular complexity index is 556. The number of carbonyl (C=O) groups excluding carboxylic acids is 2. The van der Waals surface area contributed by atoms with Gasteiger partial charge in [-0.3, -0.25) is 10.1 Å². The lowest BCUT2D eigenvalue weighted by Gasteiger charge is -2.25. The molecule has 1 atom stereocenters. The van der Waals surface area contributed by atoms with Crippen molar-refractivity contribution in [1.82, 2.24) is 14.9 Å². The molecule has 3 aliphatic rings. The molecule has 0 aromatic rings. The van der Waals surface area contributed by atoms with E-state index in [-0.39, 0.29) is 18.2 Å². The van der Waals surface area contributed by atoms with Gasteiger partial charge in [0.2, 0.25) is 10.0 Å². The topological polar surface area (TPSA) is 95.6 Å². The summed E-state index contributed by atoms with van der Waals surface area (Å²) in [5.41, 5.74) is -1.06. The van der Waals surface area contributed by atoms with Gasteiger partial charge in [0.15, 0.2) is 0 Å². The van der Waals surface area contributed by atoms with Gasteiger partial charge in [0.05, 0.1) is 5.75 Å². The van der Waals surface area contributed by atoms with Crippen molar-refractivity contribution in [2.75, 3.05) is 18.8 Å². The van der Waals surface area contributed by atoms with Crippen molar-refractivity contribution in [3.8, 4) is 0 Å². The minimum atomic E-state index is -3.36. The van der Waals surface area contributed by atoms with Crippen LogP contribution in [0, 0.1) is 5.92 Å². The molecule has 1 saturated carbocycles. The number of hydrogen-bond donors (Lipinski definition) is 2. The minimum Gasteiger partial charge on any atom is -0.322 e. The molecule has 118 valence electrons. The number of rotatable bonds is 3. The molecule has 3 amide bonds. The van der Waals surface area contributed by atoms with E-state index in [1.54, 1.807) is 0 Å². The standard InChI is InChI=1S/C13H21N3O4S/c17-11-13(15-12(18)14-11)6-7-16(9-13)21(19,20)8-10-4-2-1-3-5-10/h10H,1-9H2,(H2,14,15,17,18). The average molecular weight is 315 g/mol. The van der Waals surface area contributed by atoms with E-state index in [9.17, 15) is 18.0 Å². The molecule has 2 N–H and O–H groups in total. The van der Waals surface area contributed by atoms with Gasteiger partial charge < -0.3 is 5.32 Å². The molecule has 0 aromatic heterocycles. The molecule has 7 nitrogen and oxygen atoms in total. The molecule has 0 bridgehead atoms. The Morgan fingerprint density at radius 1 is 1.19 bits per heavy atom. The lowest BCUT2D eigenvalue weighted by atomic mass is 9.91. The fourth-order valence-corrected chi connectivity index (χ4v) is 5.51. The van der Waals surface area contributed by atoms with Crippen molar-refractivity contribution in [2.45, 2.75) is 44.1 Å². The van der Waals surface area contributed by atoms with Gasteiger partial charge in [0, 0.05) is 13.1 Å². The van der Waals surface area contributed by atoms with E-state index in [1.807, 2.05) is 0 Å². The second-order valence-corrected chi connectivity index (χ2v) is 8.37. The van der Waals surface area contributed by atoms with Gasteiger partial charge >= 0.3 is 6.03 Å². The normalized spacial score (nSPS) is 31.6. The lowest BCUT2D eigenvalue weighted by molar-refractivity contribution is -0.123. The highest BCUT2D eigenvalue weighted by molar-refractivity contribution is 7.89. The summed E-state index contributed by atoms with van der Waals surface area (Å²) >= 11 is 0. The summed E-state index contributed by atoms with van der Waals surface area (Å²) in [6.45, 7) is 0.350. The first-order chi connectivity index (χ1) is 9.91. The predicted molar refractivity (Wildman–Crippen MR) is 76.0 cm³/mol. The number of urea groups is 1. The maximum Gasteiger partial charge on any atom is 0.322 e.